The third-order valence-electron chi connectivity index (χ3n) is 2.28. The first-order valence-electron chi connectivity index (χ1n) is 4.85. The molecule has 4 N–H and O–H groups in total. The Morgan fingerprint density at radius 2 is 1.81 bits per heavy atom. The lowest BCUT2D eigenvalue weighted by Crippen LogP contribution is -2.30. The Morgan fingerprint density at radius 1 is 1.12 bits per heavy atom. The van der Waals surface area contributed by atoms with Crippen molar-refractivity contribution >= 4 is 18.3 Å². The van der Waals surface area contributed by atoms with Crippen LogP contribution in [0.4, 0.5) is 5.69 Å². The van der Waals surface area contributed by atoms with E-state index in [1.165, 1.54) is 12.3 Å². The number of pyridine rings is 1. The van der Waals surface area contributed by atoms with Crippen molar-refractivity contribution < 1.29 is 10.0 Å². The highest BCUT2D eigenvalue weighted by atomic mass is 16.4. The maximum Gasteiger partial charge on any atom is 0.490 e. The topological polar surface area (TPSA) is 79.4 Å². The van der Waals surface area contributed by atoms with Gasteiger partial charge in [-0.3, -0.25) is 4.98 Å². The Hall–Kier alpha value is -1.85. The lowest BCUT2D eigenvalue weighted by molar-refractivity contribution is 0.425. The summed E-state index contributed by atoms with van der Waals surface area (Å²) in [4.78, 5) is 4.12. The highest BCUT2D eigenvalue weighted by Crippen LogP contribution is 2.21. The zero-order valence-electron chi connectivity index (χ0n) is 8.54. The maximum atomic E-state index is 8.97. The smallest absolute Gasteiger partial charge is 0.423 e. The van der Waals surface area contributed by atoms with Crippen molar-refractivity contribution in [2.24, 2.45) is 0 Å². The summed E-state index contributed by atoms with van der Waals surface area (Å²) >= 11 is 0. The highest BCUT2D eigenvalue weighted by Gasteiger charge is 2.13. The van der Waals surface area contributed by atoms with Crippen LogP contribution in [0, 0.1) is 0 Å². The molecule has 0 unspecified atom stereocenters. The van der Waals surface area contributed by atoms with E-state index in [1.807, 2.05) is 30.3 Å². The number of rotatable bonds is 2. The van der Waals surface area contributed by atoms with Gasteiger partial charge in [-0.05, 0) is 6.07 Å². The first kappa shape index (κ1) is 10.7. The average Bonchev–Trinajstić information content (AvgIpc) is 2.30. The van der Waals surface area contributed by atoms with Gasteiger partial charge in [0.1, 0.15) is 0 Å². The molecule has 0 aliphatic rings. The van der Waals surface area contributed by atoms with Crippen molar-refractivity contribution in [3.63, 3.8) is 0 Å². The van der Waals surface area contributed by atoms with Crippen molar-refractivity contribution in [2.75, 3.05) is 5.73 Å². The van der Waals surface area contributed by atoms with E-state index in [0.29, 0.717) is 11.4 Å². The minimum atomic E-state index is -1.54. The van der Waals surface area contributed by atoms with E-state index in [9.17, 15) is 0 Å². The Kier molecular flexibility index (Phi) is 2.89. The zero-order valence-corrected chi connectivity index (χ0v) is 8.54. The first-order chi connectivity index (χ1) is 7.68. The van der Waals surface area contributed by atoms with Crippen LogP contribution < -0.4 is 11.2 Å². The van der Waals surface area contributed by atoms with Crippen LogP contribution in [0.1, 0.15) is 0 Å². The number of hydrogen-bond acceptors (Lipinski definition) is 4. The minimum absolute atomic E-state index is 0.289. The highest BCUT2D eigenvalue weighted by molar-refractivity contribution is 6.58. The maximum absolute atomic E-state index is 8.97. The normalized spacial score (nSPS) is 10.1. The fourth-order valence-electron chi connectivity index (χ4n) is 1.48. The van der Waals surface area contributed by atoms with E-state index in [0.717, 1.165) is 5.56 Å². The van der Waals surface area contributed by atoms with E-state index in [4.69, 9.17) is 15.8 Å². The summed E-state index contributed by atoms with van der Waals surface area (Å²) in [5, 5.41) is 17.9. The molecule has 0 radical (unpaired) electrons. The number of benzene rings is 1. The molecule has 1 heterocycles. The monoisotopic (exact) mass is 214 g/mol. The van der Waals surface area contributed by atoms with Gasteiger partial charge in [-0.15, -0.1) is 0 Å². The van der Waals surface area contributed by atoms with Crippen molar-refractivity contribution in [1.29, 1.82) is 0 Å². The number of nitrogens with zero attached hydrogens (tertiary/aromatic N) is 1. The predicted molar refractivity (Wildman–Crippen MR) is 63.9 cm³/mol. The van der Waals surface area contributed by atoms with Gasteiger partial charge < -0.3 is 15.8 Å². The van der Waals surface area contributed by atoms with Crippen LogP contribution in [0.5, 0.6) is 0 Å². The third kappa shape index (κ3) is 2.05. The molecule has 0 fully saturated rings. The summed E-state index contributed by atoms with van der Waals surface area (Å²) in [6.07, 6.45) is 1.41. The van der Waals surface area contributed by atoms with Gasteiger partial charge in [0, 0.05) is 17.2 Å². The second-order valence-corrected chi connectivity index (χ2v) is 3.45. The van der Waals surface area contributed by atoms with Gasteiger partial charge in [0.05, 0.1) is 11.4 Å². The Labute approximate surface area is 93.5 Å². The summed E-state index contributed by atoms with van der Waals surface area (Å²) in [5.41, 5.74) is 8.07. The van der Waals surface area contributed by atoms with Gasteiger partial charge in [0.15, 0.2) is 0 Å². The van der Waals surface area contributed by atoms with Crippen LogP contribution >= 0.6 is 0 Å². The second-order valence-electron chi connectivity index (χ2n) is 3.45. The summed E-state index contributed by atoms with van der Waals surface area (Å²) < 4.78 is 0. The largest absolute Gasteiger partial charge is 0.490 e. The Bertz CT molecular complexity index is 489. The molecule has 2 aromatic rings. The van der Waals surface area contributed by atoms with Crippen LogP contribution in [0.3, 0.4) is 0 Å². The molecule has 5 heteroatoms. The lowest BCUT2D eigenvalue weighted by atomic mass is 9.81. The summed E-state index contributed by atoms with van der Waals surface area (Å²) in [7, 11) is -1.54. The molecule has 0 aliphatic carbocycles. The fraction of sp³-hybridized carbons (Fsp3) is 0. The number of nitrogens with two attached hydrogens (primary N) is 1. The number of anilines is 1. The molecule has 0 spiro atoms. The molecule has 0 saturated heterocycles. The van der Waals surface area contributed by atoms with Crippen LogP contribution in [0.25, 0.3) is 11.3 Å². The zero-order chi connectivity index (χ0) is 11.5. The van der Waals surface area contributed by atoms with Crippen molar-refractivity contribution in [3.05, 3.63) is 42.6 Å². The van der Waals surface area contributed by atoms with Gasteiger partial charge in [0.25, 0.3) is 0 Å². The van der Waals surface area contributed by atoms with Gasteiger partial charge in [0.2, 0.25) is 0 Å². The molecule has 0 atom stereocenters. The molecular weight excluding hydrogens is 203 g/mol. The molecular formula is C11H11BN2O2. The Morgan fingerprint density at radius 3 is 2.38 bits per heavy atom. The molecule has 2 rings (SSSR count). The van der Waals surface area contributed by atoms with Gasteiger partial charge >= 0.3 is 7.12 Å². The average molecular weight is 214 g/mol. The molecule has 4 nitrogen and oxygen atoms in total. The summed E-state index contributed by atoms with van der Waals surface area (Å²) in [6.45, 7) is 0. The van der Waals surface area contributed by atoms with Gasteiger partial charge in [-0.2, -0.15) is 0 Å². The molecule has 80 valence electrons. The van der Waals surface area contributed by atoms with Crippen molar-refractivity contribution in [3.8, 4) is 11.3 Å². The van der Waals surface area contributed by atoms with E-state index in [1.54, 1.807) is 0 Å². The van der Waals surface area contributed by atoms with Crippen LogP contribution in [-0.4, -0.2) is 22.2 Å². The summed E-state index contributed by atoms with van der Waals surface area (Å²) in [6, 6.07) is 11.0. The molecule has 1 aromatic carbocycles. The van der Waals surface area contributed by atoms with Crippen LogP contribution in [-0.2, 0) is 0 Å². The SMILES string of the molecule is Nc1cc(B(O)O)cnc1-c1ccccc1. The molecule has 1 aromatic heterocycles. The molecule has 0 aliphatic heterocycles. The van der Waals surface area contributed by atoms with E-state index in [2.05, 4.69) is 4.98 Å². The minimum Gasteiger partial charge on any atom is -0.423 e. The standard InChI is InChI=1S/C11H11BN2O2/c13-10-6-9(12(15)16)7-14-11(10)8-4-2-1-3-5-8/h1-7,15-16H,13H2. The van der Waals surface area contributed by atoms with Crippen LogP contribution in [0.2, 0.25) is 0 Å². The van der Waals surface area contributed by atoms with Gasteiger partial charge in [-0.25, -0.2) is 0 Å². The van der Waals surface area contributed by atoms with E-state index in [-0.39, 0.29) is 5.46 Å². The van der Waals surface area contributed by atoms with E-state index >= 15 is 0 Å². The number of aromatic nitrogens is 1. The quantitative estimate of drug-likeness (QED) is 0.615. The van der Waals surface area contributed by atoms with Crippen molar-refractivity contribution in [1.82, 2.24) is 4.98 Å². The number of hydrogen-bond donors (Lipinski definition) is 3. The van der Waals surface area contributed by atoms with Crippen LogP contribution in [0.15, 0.2) is 42.6 Å². The second kappa shape index (κ2) is 4.34. The fourth-order valence-corrected chi connectivity index (χ4v) is 1.48. The van der Waals surface area contributed by atoms with E-state index < -0.39 is 7.12 Å². The van der Waals surface area contributed by atoms with Gasteiger partial charge in [-0.1, -0.05) is 30.3 Å². The molecule has 0 bridgehead atoms. The number of nitrogen functional groups attached to an aromatic ring is 1. The van der Waals surface area contributed by atoms with Crippen molar-refractivity contribution in [2.45, 2.75) is 0 Å². The summed E-state index contributed by atoms with van der Waals surface area (Å²) in [5.74, 6) is 0. The molecule has 0 amide bonds. The lowest BCUT2D eigenvalue weighted by Gasteiger charge is -2.06. The first-order valence-corrected chi connectivity index (χ1v) is 4.85. The predicted octanol–water partition coefficient (Wildman–Crippen LogP) is 0.0106. The Balaban J connectivity index is 2.45. The molecule has 16 heavy (non-hydrogen) atoms. The third-order valence-corrected chi connectivity index (χ3v) is 2.28. The molecule has 0 saturated carbocycles.